The molecule has 4 heteroatoms. The van der Waals surface area contributed by atoms with Crippen LogP contribution in [0.5, 0.6) is 0 Å². The van der Waals surface area contributed by atoms with Crippen LogP contribution >= 0.6 is 0 Å². The maximum Gasteiger partial charge on any atom is 0.237 e. The number of fused-ring (bicyclic) bond motifs is 1. The predicted molar refractivity (Wildman–Crippen MR) is 80.7 cm³/mol. The molecule has 0 radical (unpaired) electrons. The molecule has 2 aromatic rings. The Bertz CT molecular complexity index is 584. The zero-order valence-electron chi connectivity index (χ0n) is 11.6. The number of carbonyl (C=O) groups excluding carboxylic acids is 1. The quantitative estimate of drug-likeness (QED) is 0.796. The molecular formula is C16H21N3O. The Morgan fingerprint density at radius 1 is 1.30 bits per heavy atom. The van der Waals surface area contributed by atoms with Crippen LogP contribution in [-0.4, -0.2) is 30.0 Å². The molecule has 1 saturated heterocycles. The number of aromatic nitrogens is 1. The lowest BCUT2D eigenvalue weighted by molar-refractivity contribution is -0.123. The molecule has 20 heavy (non-hydrogen) atoms. The third kappa shape index (κ3) is 2.85. The lowest BCUT2D eigenvalue weighted by Gasteiger charge is -2.22. The minimum atomic E-state index is 0.00622. The Hall–Kier alpha value is -1.81. The summed E-state index contributed by atoms with van der Waals surface area (Å²) in [6.45, 7) is 1.65. The summed E-state index contributed by atoms with van der Waals surface area (Å²) in [5.41, 5.74) is 2.42. The van der Waals surface area contributed by atoms with Crippen LogP contribution in [0.2, 0.25) is 0 Å². The van der Waals surface area contributed by atoms with Crippen LogP contribution in [0.25, 0.3) is 10.9 Å². The number of nitrogens with one attached hydrogen (secondary N) is 3. The van der Waals surface area contributed by atoms with Crippen molar-refractivity contribution in [1.29, 1.82) is 0 Å². The van der Waals surface area contributed by atoms with Crippen LogP contribution in [0.1, 0.15) is 24.8 Å². The molecule has 0 aliphatic carbocycles. The van der Waals surface area contributed by atoms with Gasteiger partial charge < -0.3 is 15.6 Å². The van der Waals surface area contributed by atoms with E-state index in [0.29, 0.717) is 6.54 Å². The normalized spacial score (nSPS) is 19.1. The van der Waals surface area contributed by atoms with Gasteiger partial charge in [0.15, 0.2) is 0 Å². The molecule has 1 atom stereocenters. The number of hydrogen-bond donors (Lipinski definition) is 3. The van der Waals surface area contributed by atoms with Gasteiger partial charge >= 0.3 is 0 Å². The zero-order valence-corrected chi connectivity index (χ0v) is 11.6. The Kier molecular flexibility index (Phi) is 4.02. The second kappa shape index (κ2) is 6.09. The van der Waals surface area contributed by atoms with Crippen molar-refractivity contribution in [3.8, 4) is 0 Å². The lowest BCUT2D eigenvalue weighted by Crippen LogP contribution is -2.47. The average molecular weight is 271 g/mol. The SMILES string of the molecule is O=C(NCCc1c[nH]c2ccccc12)[C@@H]1CCCCN1. The van der Waals surface area contributed by atoms with Crippen molar-refractivity contribution in [3.05, 3.63) is 36.0 Å². The van der Waals surface area contributed by atoms with E-state index in [1.807, 2.05) is 18.3 Å². The molecule has 1 amide bonds. The molecule has 1 aliphatic heterocycles. The first kappa shape index (κ1) is 13.2. The molecule has 0 bridgehead atoms. The number of hydrogen-bond acceptors (Lipinski definition) is 2. The highest BCUT2D eigenvalue weighted by Gasteiger charge is 2.19. The summed E-state index contributed by atoms with van der Waals surface area (Å²) >= 11 is 0. The van der Waals surface area contributed by atoms with Crippen molar-refractivity contribution >= 4 is 16.8 Å². The summed E-state index contributed by atoms with van der Waals surface area (Å²) in [7, 11) is 0. The van der Waals surface area contributed by atoms with Gasteiger partial charge in [-0.3, -0.25) is 4.79 Å². The fourth-order valence-corrected chi connectivity index (χ4v) is 2.86. The van der Waals surface area contributed by atoms with Crippen LogP contribution in [0.3, 0.4) is 0 Å². The number of piperidine rings is 1. The molecular weight excluding hydrogens is 250 g/mol. The van der Waals surface area contributed by atoms with Crippen LogP contribution in [0.15, 0.2) is 30.5 Å². The fourth-order valence-electron chi connectivity index (χ4n) is 2.86. The summed E-state index contributed by atoms with van der Waals surface area (Å²) in [5, 5.41) is 7.56. The summed E-state index contributed by atoms with van der Waals surface area (Å²) < 4.78 is 0. The molecule has 4 nitrogen and oxygen atoms in total. The first-order chi connectivity index (χ1) is 9.84. The minimum Gasteiger partial charge on any atom is -0.361 e. The molecule has 1 fully saturated rings. The number of H-pyrrole nitrogens is 1. The Labute approximate surface area is 118 Å². The Balaban J connectivity index is 1.53. The van der Waals surface area contributed by atoms with Crippen LogP contribution < -0.4 is 10.6 Å². The van der Waals surface area contributed by atoms with E-state index in [2.05, 4.69) is 27.8 Å². The van der Waals surface area contributed by atoms with Gasteiger partial charge in [0.25, 0.3) is 0 Å². The van der Waals surface area contributed by atoms with E-state index >= 15 is 0 Å². The monoisotopic (exact) mass is 271 g/mol. The third-order valence-electron chi connectivity index (χ3n) is 4.00. The number of amides is 1. The topological polar surface area (TPSA) is 56.9 Å². The van der Waals surface area contributed by atoms with Gasteiger partial charge in [0.2, 0.25) is 5.91 Å². The zero-order chi connectivity index (χ0) is 13.8. The van der Waals surface area contributed by atoms with E-state index in [9.17, 15) is 4.79 Å². The third-order valence-corrected chi connectivity index (χ3v) is 4.00. The maximum absolute atomic E-state index is 12.0. The lowest BCUT2D eigenvalue weighted by atomic mass is 10.0. The van der Waals surface area contributed by atoms with E-state index in [1.165, 1.54) is 17.4 Å². The minimum absolute atomic E-state index is 0.00622. The van der Waals surface area contributed by atoms with Gasteiger partial charge in [-0.25, -0.2) is 0 Å². The molecule has 3 N–H and O–H groups in total. The van der Waals surface area contributed by atoms with Crippen LogP contribution in [-0.2, 0) is 11.2 Å². The van der Waals surface area contributed by atoms with E-state index < -0.39 is 0 Å². The van der Waals surface area contributed by atoms with Gasteiger partial charge in [-0.15, -0.1) is 0 Å². The van der Waals surface area contributed by atoms with Gasteiger partial charge in [0.05, 0.1) is 6.04 Å². The Morgan fingerprint density at radius 3 is 3.05 bits per heavy atom. The van der Waals surface area contributed by atoms with Crippen LogP contribution in [0.4, 0.5) is 0 Å². The van der Waals surface area contributed by atoms with Crippen molar-refractivity contribution in [2.75, 3.05) is 13.1 Å². The molecule has 0 saturated carbocycles. The number of carbonyl (C=O) groups is 1. The summed E-state index contributed by atoms with van der Waals surface area (Å²) in [5.74, 6) is 0.143. The number of aromatic amines is 1. The molecule has 0 unspecified atom stereocenters. The van der Waals surface area contributed by atoms with E-state index in [0.717, 1.165) is 31.3 Å². The van der Waals surface area contributed by atoms with Gasteiger partial charge in [-0.05, 0) is 37.4 Å². The summed E-state index contributed by atoms with van der Waals surface area (Å²) in [6.07, 6.45) is 6.18. The van der Waals surface area contributed by atoms with Gasteiger partial charge in [-0.1, -0.05) is 24.6 Å². The van der Waals surface area contributed by atoms with Crippen molar-refractivity contribution < 1.29 is 4.79 Å². The maximum atomic E-state index is 12.0. The molecule has 0 spiro atoms. The average Bonchev–Trinajstić information content (AvgIpc) is 2.92. The summed E-state index contributed by atoms with van der Waals surface area (Å²) in [4.78, 5) is 15.3. The second-order valence-corrected chi connectivity index (χ2v) is 5.40. The summed E-state index contributed by atoms with van der Waals surface area (Å²) in [6, 6.07) is 8.27. The van der Waals surface area contributed by atoms with Crippen molar-refractivity contribution in [1.82, 2.24) is 15.6 Å². The van der Waals surface area contributed by atoms with Gasteiger partial charge in [-0.2, -0.15) is 0 Å². The van der Waals surface area contributed by atoms with Crippen LogP contribution in [0, 0.1) is 0 Å². The number of rotatable bonds is 4. The van der Waals surface area contributed by atoms with E-state index in [4.69, 9.17) is 0 Å². The molecule has 2 heterocycles. The largest absolute Gasteiger partial charge is 0.361 e. The van der Waals surface area contributed by atoms with Crippen molar-refractivity contribution in [3.63, 3.8) is 0 Å². The van der Waals surface area contributed by atoms with Crippen molar-refractivity contribution in [2.24, 2.45) is 0 Å². The molecule has 1 aliphatic rings. The van der Waals surface area contributed by atoms with Gasteiger partial charge in [0.1, 0.15) is 0 Å². The number of benzene rings is 1. The standard InChI is InChI=1S/C16H21N3O/c20-16(15-7-3-4-9-17-15)18-10-8-12-11-19-14-6-2-1-5-13(12)14/h1-2,5-6,11,15,17,19H,3-4,7-10H2,(H,18,20)/t15-/m0/s1. The first-order valence-electron chi connectivity index (χ1n) is 7.41. The molecule has 1 aromatic heterocycles. The van der Waals surface area contributed by atoms with E-state index in [-0.39, 0.29) is 11.9 Å². The van der Waals surface area contributed by atoms with Gasteiger partial charge in [0, 0.05) is 23.6 Å². The smallest absolute Gasteiger partial charge is 0.237 e. The fraction of sp³-hybridized carbons (Fsp3) is 0.438. The van der Waals surface area contributed by atoms with E-state index in [1.54, 1.807) is 0 Å². The highest BCUT2D eigenvalue weighted by atomic mass is 16.2. The highest BCUT2D eigenvalue weighted by Crippen LogP contribution is 2.17. The second-order valence-electron chi connectivity index (χ2n) is 5.40. The Morgan fingerprint density at radius 2 is 2.20 bits per heavy atom. The molecule has 3 rings (SSSR count). The van der Waals surface area contributed by atoms with Crippen molar-refractivity contribution in [2.45, 2.75) is 31.7 Å². The molecule has 106 valence electrons. The highest BCUT2D eigenvalue weighted by molar-refractivity contribution is 5.83. The number of para-hydroxylation sites is 1. The molecule has 1 aromatic carbocycles. The first-order valence-corrected chi connectivity index (χ1v) is 7.41. The predicted octanol–water partition coefficient (Wildman–Crippen LogP) is 1.97.